The molecule has 0 saturated heterocycles. The van der Waals surface area contributed by atoms with Crippen molar-refractivity contribution < 1.29 is 34.1 Å². The predicted octanol–water partition coefficient (Wildman–Crippen LogP) is 7.21. The van der Waals surface area contributed by atoms with E-state index in [9.17, 15) is 4.79 Å². The van der Waals surface area contributed by atoms with Crippen molar-refractivity contribution in [3.05, 3.63) is 75.9 Å². The van der Waals surface area contributed by atoms with E-state index >= 15 is 0 Å². The molecule has 3 N–H and O–H groups in total. The summed E-state index contributed by atoms with van der Waals surface area (Å²) in [4.78, 5) is 33.2. The van der Waals surface area contributed by atoms with Crippen LogP contribution in [0, 0.1) is 26.7 Å². The van der Waals surface area contributed by atoms with Crippen LogP contribution < -0.4 is 0 Å². The van der Waals surface area contributed by atoms with Crippen molar-refractivity contribution in [2.45, 2.75) is 66.7 Å². The number of carbonyl (C=O) groups excluding carboxylic acids is 1. The third kappa shape index (κ3) is 6.55. The Morgan fingerprint density at radius 1 is 1.02 bits per heavy atom. The molecular formula is C37H47N5O3Zn. The summed E-state index contributed by atoms with van der Waals surface area (Å²) in [7, 11) is 1.81. The quantitative estimate of drug-likeness (QED) is 0.164. The number of likely N-dealkylation sites (N-methyl/N-ethyl adjacent to an activating group) is 1. The minimum atomic E-state index is -0.314. The molecule has 5 rings (SSSR count). The summed E-state index contributed by atoms with van der Waals surface area (Å²) >= 11 is 0. The molecule has 5 heterocycles. The second kappa shape index (κ2) is 14.6. The largest absolute Gasteiger partial charge is 0.394 e. The molecule has 0 spiro atoms. The van der Waals surface area contributed by atoms with Crippen LogP contribution in [0.3, 0.4) is 0 Å². The summed E-state index contributed by atoms with van der Waals surface area (Å²) in [6.45, 7) is 20.0. The molecule has 1 amide bonds. The number of amides is 1. The fraction of sp³-hybridized carbons (Fsp3) is 0.432. The van der Waals surface area contributed by atoms with Crippen LogP contribution in [0.4, 0.5) is 0 Å². The third-order valence-electron chi connectivity index (χ3n) is 9.69. The molecule has 46 heavy (non-hydrogen) atoms. The monoisotopic (exact) mass is 673 g/mol. The van der Waals surface area contributed by atoms with E-state index in [1.54, 1.807) is 4.90 Å². The van der Waals surface area contributed by atoms with Crippen LogP contribution >= 0.6 is 0 Å². The zero-order valence-corrected chi connectivity index (χ0v) is 31.6. The molecule has 0 fully saturated rings. The number of aliphatic hydroxyl groups excluding tert-OH is 1. The van der Waals surface area contributed by atoms with Crippen LogP contribution in [-0.4, -0.2) is 69.3 Å². The molecule has 3 aromatic heterocycles. The first-order valence-corrected chi connectivity index (χ1v) is 16.0. The Morgan fingerprint density at radius 2 is 1.70 bits per heavy atom. The van der Waals surface area contributed by atoms with Gasteiger partial charge in [-0.25, -0.2) is 4.98 Å². The molecule has 8 bridgehead atoms. The van der Waals surface area contributed by atoms with Crippen molar-refractivity contribution in [2.75, 3.05) is 33.4 Å². The molecule has 8 nitrogen and oxygen atoms in total. The summed E-state index contributed by atoms with van der Waals surface area (Å²) in [5.41, 5.74) is 14.5. The van der Waals surface area contributed by atoms with Gasteiger partial charge in [-0.2, -0.15) is 0 Å². The molecule has 2 aliphatic heterocycles. The van der Waals surface area contributed by atoms with Gasteiger partial charge in [0, 0.05) is 84.1 Å². The van der Waals surface area contributed by atoms with E-state index in [1.807, 2.05) is 20.0 Å². The number of aromatic nitrogens is 4. The fourth-order valence-electron chi connectivity index (χ4n) is 6.88. The van der Waals surface area contributed by atoms with Crippen LogP contribution in [0.2, 0.25) is 0 Å². The second-order valence-corrected chi connectivity index (χ2v) is 12.5. The summed E-state index contributed by atoms with van der Waals surface area (Å²) in [5.74, 6) is -0.386. The van der Waals surface area contributed by atoms with Crippen molar-refractivity contribution >= 4 is 45.2 Å². The minimum absolute atomic E-state index is 0. The van der Waals surface area contributed by atoms with Gasteiger partial charge >= 0.3 is 0 Å². The molecule has 0 aliphatic carbocycles. The van der Waals surface area contributed by atoms with Gasteiger partial charge in [-0.1, -0.05) is 33.4 Å². The normalized spacial score (nSPS) is 16.7. The van der Waals surface area contributed by atoms with Crippen molar-refractivity contribution in [1.82, 2.24) is 24.8 Å². The summed E-state index contributed by atoms with van der Waals surface area (Å²) in [6, 6.07) is 8.60. The topological polar surface area (TPSA) is 107 Å². The van der Waals surface area contributed by atoms with Crippen LogP contribution in [0.5, 0.6) is 0 Å². The molecule has 2 aliphatic rings. The smallest absolute Gasteiger partial charge is 0.225 e. The number of H-pyrrole nitrogens is 2. The van der Waals surface area contributed by atoms with Gasteiger partial charge in [0.05, 0.1) is 36.9 Å². The first kappa shape index (κ1) is 35.5. The molecule has 3 atom stereocenters. The van der Waals surface area contributed by atoms with Gasteiger partial charge in [0.1, 0.15) is 0 Å². The number of hydrogen-bond acceptors (Lipinski definition) is 5. The first-order chi connectivity index (χ1) is 21.5. The number of aryl methyl sites for hydroxylation is 3. The van der Waals surface area contributed by atoms with E-state index in [2.05, 4.69) is 82.4 Å². The number of nitrogens with zero attached hydrogens (tertiary/aromatic N) is 3. The predicted molar refractivity (Wildman–Crippen MR) is 184 cm³/mol. The number of aromatic amines is 2. The standard InChI is InChI=1S/C37H47N5O3.Zn/c1-10-26-22(5)31-19-34-27(11-2)21(4)30(39-34)18-32-23(6)35(25(8)37(44)42(9)12-14-45-15-13-43)36(41-32)24(7)29-16-20(3)28(38-29)17-33(26)40-31;/h11,16-19,23,25,35,38-39,43H,2,10,12-15H2,1,3-9H3;/t23-,25?,35+;/m1./s1. The number of carbonyl (C=O) groups is 1. The van der Waals surface area contributed by atoms with Crippen LogP contribution in [-0.2, 0) is 29.0 Å². The van der Waals surface area contributed by atoms with E-state index in [0.29, 0.717) is 13.2 Å². The molecule has 3 aromatic rings. The maximum Gasteiger partial charge on any atom is 0.225 e. The van der Waals surface area contributed by atoms with E-state index < -0.39 is 0 Å². The van der Waals surface area contributed by atoms with Gasteiger partial charge in [0.15, 0.2) is 0 Å². The van der Waals surface area contributed by atoms with Gasteiger partial charge in [-0.3, -0.25) is 9.78 Å². The molecule has 1 unspecified atom stereocenters. The zero-order chi connectivity index (χ0) is 32.6. The van der Waals surface area contributed by atoms with Crippen molar-refractivity contribution in [3.63, 3.8) is 0 Å². The van der Waals surface area contributed by atoms with E-state index in [0.717, 1.165) is 73.5 Å². The Labute approximate surface area is 285 Å². The van der Waals surface area contributed by atoms with Gasteiger partial charge in [0.2, 0.25) is 5.91 Å². The van der Waals surface area contributed by atoms with Crippen molar-refractivity contribution in [1.29, 1.82) is 0 Å². The molecule has 0 saturated carbocycles. The molecule has 0 aromatic carbocycles. The van der Waals surface area contributed by atoms with Gasteiger partial charge in [0.25, 0.3) is 0 Å². The number of nitrogens with one attached hydrogen (secondary N) is 2. The number of allylic oxidation sites excluding steroid dienone is 2. The number of aliphatic hydroxyl groups is 1. The van der Waals surface area contributed by atoms with Gasteiger partial charge in [-0.15, -0.1) is 0 Å². The van der Waals surface area contributed by atoms with E-state index in [-0.39, 0.29) is 56.4 Å². The summed E-state index contributed by atoms with van der Waals surface area (Å²) in [5, 5.41) is 9.03. The summed E-state index contributed by atoms with van der Waals surface area (Å²) in [6.07, 6.45) is 2.79. The molecule has 240 valence electrons. The van der Waals surface area contributed by atoms with Crippen LogP contribution in [0.25, 0.3) is 39.3 Å². The Kier molecular flexibility index (Phi) is 11.2. The average molecular weight is 675 g/mol. The number of hydrogen-bond donors (Lipinski definition) is 3. The number of fused-ring (bicyclic) bond motifs is 8. The first-order valence-electron chi connectivity index (χ1n) is 16.0. The molecule has 0 radical (unpaired) electrons. The Hall–Kier alpha value is -3.39. The van der Waals surface area contributed by atoms with Crippen molar-refractivity contribution in [3.8, 4) is 0 Å². The SMILES string of the molecule is C=Cc1c(C)c2cc3nc(c(C)c4cc(C)c(cc5nc(cc1[nH]2)C(C)=C5CC)[nH]4)[C@H](C(C)C(=O)N(C)CCOCCO)[C@@H]3C.[Zn]. The van der Waals surface area contributed by atoms with Crippen LogP contribution in [0.15, 0.2) is 30.8 Å². The Morgan fingerprint density at radius 3 is 2.37 bits per heavy atom. The summed E-state index contributed by atoms with van der Waals surface area (Å²) < 4.78 is 5.43. The molecule has 9 heteroatoms. The maximum atomic E-state index is 13.8. The Bertz CT molecular complexity index is 1840. The Balaban J connectivity index is 0.00000480. The maximum absolute atomic E-state index is 13.8. The fourth-order valence-corrected chi connectivity index (χ4v) is 6.88. The number of rotatable bonds is 9. The average Bonchev–Trinajstić information content (AvgIpc) is 3.72. The minimum Gasteiger partial charge on any atom is -0.394 e. The molecular weight excluding hydrogens is 628 g/mol. The van der Waals surface area contributed by atoms with E-state index in [4.69, 9.17) is 19.8 Å². The van der Waals surface area contributed by atoms with Crippen molar-refractivity contribution in [2.24, 2.45) is 5.92 Å². The van der Waals surface area contributed by atoms with Crippen LogP contribution in [0.1, 0.15) is 91.0 Å². The van der Waals surface area contributed by atoms with E-state index in [1.165, 1.54) is 11.1 Å². The van der Waals surface area contributed by atoms with Gasteiger partial charge < -0.3 is 24.7 Å². The van der Waals surface area contributed by atoms with Gasteiger partial charge in [-0.05, 0) is 86.2 Å². The number of ether oxygens (including phenoxy) is 1. The second-order valence-electron chi connectivity index (χ2n) is 12.5. The third-order valence-corrected chi connectivity index (χ3v) is 9.69. The zero-order valence-electron chi connectivity index (χ0n) is 28.7.